The first-order chi connectivity index (χ1) is 14.6. The monoisotopic (exact) mass is 464 g/mol. The minimum Gasteiger partial charge on any atom is -0.480 e. The number of nitrogens with zero attached hydrogens (tertiary/aromatic N) is 4. The SMILES string of the molecule is C=CC(CN1CCN(CC(=O)O)CCN(CC(=O)O)CCN(CC(=O)O)CC1)[SH](=O)=O. The van der Waals surface area contributed by atoms with Crippen LogP contribution in [0, 0.1) is 0 Å². The zero-order valence-electron chi connectivity index (χ0n) is 17.5. The standard InChI is InChI=1S/C18H32N4O8S/c1-2-15(31(29)30)11-19-3-5-20(12-16(23)24)7-9-22(14-18(27)28)10-8-21(6-4-19)13-17(25)26/h2,15,31H,1,3-14H2,(H,23,24)(H,25,26)(H,27,28). The van der Waals surface area contributed by atoms with E-state index in [9.17, 15) is 33.0 Å². The Kier molecular flexibility index (Phi) is 12.3. The van der Waals surface area contributed by atoms with Crippen LogP contribution in [0.4, 0.5) is 0 Å². The predicted molar refractivity (Wildman–Crippen MR) is 113 cm³/mol. The van der Waals surface area contributed by atoms with E-state index in [1.54, 1.807) is 14.7 Å². The summed E-state index contributed by atoms with van der Waals surface area (Å²) in [5.41, 5.74) is 0. The van der Waals surface area contributed by atoms with Gasteiger partial charge in [-0.15, -0.1) is 6.58 Å². The van der Waals surface area contributed by atoms with Crippen LogP contribution in [0.5, 0.6) is 0 Å². The van der Waals surface area contributed by atoms with E-state index in [0.717, 1.165) is 0 Å². The third-order valence-electron chi connectivity index (χ3n) is 4.99. The lowest BCUT2D eigenvalue weighted by Gasteiger charge is -2.33. The van der Waals surface area contributed by atoms with Crippen LogP contribution in [0.25, 0.3) is 0 Å². The van der Waals surface area contributed by atoms with Crippen molar-refractivity contribution in [3.8, 4) is 0 Å². The normalized spacial score (nSPS) is 19.9. The molecule has 1 fully saturated rings. The number of hydrogen-bond acceptors (Lipinski definition) is 9. The smallest absolute Gasteiger partial charge is 0.317 e. The fourth-order valence-corrected chi connectivity index (χ4v) is 3.84. The van der Waals surface area contributed by atoms with Crippen molar-refractivity contribution < 1.29 is 38.1 Å². The lowest BCUT2D eigenvalue weighted by atomic mass is 10.3. The van der Waals surface area contributed by atoms with Crippen LogP contribution < -0.4 is 0 Å². The third-order valence-corrected chi connectivity index (χ3v) is 5.91. The van der Waals surface area contributed by atoms with Crippen molar-refractivity contribution in [3.05, 3.63) is 12.7 Å². The van der Waals surface area contributed by atoms with Gasteiger partial charge >= 0.3 is 17.9 Å². The zero-order valence-corrected chi connectivity index (χ0v) is 18.4. The average molecular weight is 465 g/mol. The van der Waals surface area contributed by atoms with Crippen molar-refractivity contribution in [1.29, 1.82) is 0 Å². The van der Waals surface area contributed by atoms with Crippen LogP contribution in [0.3, 0.4) is 0 Å². The second kappa shape index (κ2) is 14.1. The van der Waals surface area contributed by atoms with Crippen LogP contribution in [-0.4, -0.2) is 145 Å². The van der Waals surface area contributed by atoms with Crippen LogP contribution in [0.2, 0.25) is 0 Å². The van der Waals surface area contributed by atoms with Gasteiger partial charge in [0.15, 0.2) is 0 Å². The molecule has 0 spiro atoms. The average Bonchev–Trinajstić information content (AvgIpc) is 2.65. The molecule has 0 amide bonds. The lowest BCUT2D eigenvalue weighted by molar-refractivity contribution is -0.140. The van der Waals surface area contributed by atoms with Gasteiger partial charge in [-0.1, -0.05) is 6.08 Å². The van der Waals surface area contributed by atoms with Crippen LogP contribution in [0.1, 0.15) is 0 Å². The summed E-state index contributed by atoms with van der Waals surface area (Å²) >= 11 is 0. The molecule has 1 heterocycles. The van der Waals surface area contributed by atoms with E-state index in [2.05, 4.69) is 6.58 Å². The second-order valence-electron chi connectivity index (χ2n) is 7.40. The van der Waals surface area contributed by atoms with E-state index in [0.29, 0.717) is 52.4 Å². The summed E-state index contributed by atoms with van der Waals surface area (Å²) in [6, 6.07) is 0. The van der Waals surface area contributed by atoms with Gasteiger partial charge in [-0.3, -0.25) is 34.0 Å². The highest BCUT2D eigenvalue weighted by atomic mass is 32.2. The quantitative estimate of drug-likeness (QED) is 0.201. The van der Waals surface area contributed by atoms with Crippen molar-refractivity contribution in [2.75, 3.05) is 78.5 Å². The predicted octanol–water partition coefficient (Wildman–Crippen LogP) is -2.37. The summed E-state index contributed by atoms with van der Waals surface area (Å²) in [7, 11) is -2.73. The van der Waals surface area contributed by atoms with Gasteiger partial charge in [-0.2, -0.15) is 0 Å². The minimum atomic E-state index is -2.73. The molecule has 1 saturated heterocycles. The Labute approximate surface area is 183 Å². The third kappa shape index (κ3) is 11.8. The maximum absolute atomic E-state index is 11.4. The van der Waals surface area contributed by atoms with E-state index in [4.69, 9.17) is 5.11 Å². The lowest BCUT2D eigenvalue weighted by Crippen LogP contribution is -2.49. The molecule has 0 aromatic heterocycles. The van der Waals surface area contributed by atoms with E-state index < -0.39 is 33.9 Å². The summed E-state index contributed by atoms with van der Waals surface area (Å²) in [5.74, 6) is -3.04. The van der Waals surface area contributed by atoms with Gasteiger partial charge in [-0.05, 0) is 0 Å². The summed E-state index contributed by atoms with van der Waals surface area (Å²) < 4.78 is 22.9. The van der Waals surface area contributed by atoms with Crippen LogP contribution >= 0.6 is 0 Å². The van der Waals surface area contributed by atoms with Gasteiger partial charge in [0.2, 0.25) is 0 Å². The molecule has 13 heteroatoms. The van der Waals surface area contributed by atoms with E-state index in [1.807, 2.05) is 4.90 Å². The molecule has 0 aromatic rings. The van der Waals surface area contributed by atoms with Gasteiger partial charge in [0.1, 0.15) is 10.7 Å². The molecule has 1 aliphatic rings. The molecule has 178 valence electrons. The Balaban J connectivity index is 3.01. The molecule has 0 aromatic carbocycles. The Morgan fingerprint density at radius 2 is 1.00 bits per heavy atom. The van der Waals surface area contributed by atoms with Crippen LogP contribution in [-0.2, 0) is 25.1 Å². The Morgan fingerprint density at radius 3 is 1.23 bits per heavy atom. The molecule has 0 saturated carbocycles. The van der Waals surface area contributed by atoms with Gasteiger partial charge in [0, 0.05) is 58.9 Å². The van der Waals surface area contributed by atoms with Crippen molar-refractivity contribution in [2.24, 2.45) is 0 Å². The highest BCUT2D eigenvalue weighted by Crippen LogP contribution is 2.04. The zero-order chi connectivity index (χ0) is 23.4. The molecule has 12 nitrogen and oxygen atoms in total. The highest BCUT2D eigenvalue weighted by molar-refractivity contribution is 7.73. The number of hydrogen-bond donors (Lipinski definition) is 4. The summed E-state index contributed by atoms with van der Waals surface area (Å²) in [6.07, 6.45) is 1.34. The molecular weight excluding hydrogens is 432 g/mol. The molecule has 0 radical (unpaired) electrons. The van der Waals surface area contributed by atoms with Crippen molar-refractivity contribution in [1.82, 2.24) is 19.6 Å². The number of rotatable bonds is 10. The van der Waals surface area contributed by atoms with Crippen molar-refractivity contribution in [2.45, 2.75) is 5.25 Å². The Morgan fingerprint density at radius 1 is 0.710 bits per heavy atom. The molecule has 1 unspecified atom stereocenters. The highest BCUT2D eigenvalue weighted by Gasteiger charge is 2.21. The fraction of sp³-hybridized carbons (Fsp3) is 0.722. The van der Waals surface area contributed by atoms with E-state index in [1.165, 1.54) is 6.08 Å². The first-order valence-corrected chi connectivity index (χ1v) is 11.2. The number of thiol groups is 1. The topological polar surface area (TPSA) is 159 Å². The molecule has 31 heavy (non-hydrogen) atoms. The maximum atomic E-state index is 11.4. The second-order valence-corrected chi connectivity index (χ2v) is 8.63. The van der Waals surface area contributed by atoms with Crippen molar-refractivity contribution in [3.63, 3.8) is 0 Å². The Bertz CT molecular complexity index is 662. The first-order valence-electron chi connectivity index (χ1n) is 9.91. The summed E-state index contributed by atoms with van der Waals surface area (Å²) in [5, 5.41) is 26.7. The summed E-state index contributed by atoms with van der Waals surface area (Å²) in [6.45, 7) is 5.72. The number of carboxylic acid groups (broad SMARTS) is 3. The molecule has 0 bridgehead atoms. The number of aliphatic carboxylic acids is 3. The van der Waals surface area contributed by atoms with Gasteiger partial charge < -0.3 is 15.3 Å². The van der Waals surface area contributed by atoms with Gasteiger partial charge in [0.25, 0.3) is 0 Å². The summed E-state index contributed by atoms with van der Waals surface area (Å²) in [4.78, 5) is 40.5. The maximum Gasteiger partial charge on any atom is 0.317 e. The fourth-order valence-electron chi connectivity index (χ4n) is 3.30. The van der Waals surface area contributed by atoms with Gasteiger partial charge in [-0.25, -0.2) is 8.42 Å². The van der Waals surface area contributed by atoms with E-state index >= 15 is 0 Å². The van der Waals surface area contributed by atoms with Crippen molar-refractivity contribution >= 4 is 28.6 Å². The number of carbonyl (C=O) groups is 3. The molecule has 1 aliphatic heterocycles. The largest absolute Gasteiger partial charge is 0.480 e. The van der Waals surface area contributed by atoms with E-state index in [-0.39, 0.29) is 26.2 Å². The van der Waals surface area contributed by atoms with Crippen LogP contribution in [0.15, 0.2) is 12.7 Å². The minimum absolute atomic E-state index is 0.176. The molecule has 0 aliphatic carbocycles. The molecule has 1 atom stereocenters. The Hall–Kier alpha value is -2.06. The molecule has 3 N–H and O–H groups in total. The first kappa shape index (κ1) is 27.0. The van der Waals surface area contributed by atoms with Gasteiger partial charge in [0.05, 0.1) is 24.9 Å². The number of carboxylic acids is 3. The molecule has 1 rings (SSSR count). The molecular formula is C18H32N4O8S.